The predicted octanol–water partition coefficient (Wildman–Crippen LogP) is 2.97. The standard InChI is InChI=1S/C21H19ClF2N4O2/c22-14-3-1-13(2-4-14)19-20(30)27-21(26-19)7-9-28(10-8-21)12-18(29)25-17-6-5-15(23)11-16(17)24/h1-6,11H,7-10,12H2,(H,25,29)(H,27,30). The van der Waals surface area contributed by atoms with Crippen molar-refractivity contribution in [2.45, 2.75) is 18.5 Å². The number of benzene rings is 2. The molecule has 156 valence electrons. The third kappa shape index (κ3) is 4.34. The summed E-state index contributed by atoms with van der Waals surface area (Å²) in [5, 5.41) is 6.01. The summed E-state index contributed by atoms with van der Waals surface area (Å²) in [6, 6.07) is 9.93. The van der Waals surface area contributed by atoms with Crippen LogP contribution in [0.25, 0.3) is 0 Å². The molecule has 2 N–H and O–H groups in total. The fraction of sp³-hybridized carbons (Fsp3) is 0.286. The van der Waals surface area contributed by atoms with Crippen molar-refractivity contribution >= 4 is 34.8 Å². The number of nitrogens with zero attached hydrogens (tertiary/aromatic N) is 2. The number of likely N-dealkylation sites (tertiary alicyclic amines) is 1. The highest BCUT2D eigenvalue weighted by molar-refractivity contribution is 6.47. The summed E-state index contributed by atoms with van der Waals surface area (Å²) in [5.41, 5.74) is 0.346. The molecule has 4 rings (SSSR count). The van der Waals surface area contributed by atoms with Gasteiger partial charge in [0, 0.05) is 42.6 Å². The van der Waals surface area contributed by atoms with Crippen LogP contribution >= 0.6 is 11.6 Å². The third-order valence-corrected chi connectivity index (χ3v) is 5.51. The van der Waals surface area contributed by atoms with Crippen LogP contribution in [0.5, 0.6) is 0 Å². The van der Waals surface area contributed by atoms with Gasteiger partial charge < -0.3 is 10.6 Å². The molecule has 1 fully saturated rings. The van der Waals surface area contributed by atoms with Gasteiger partial charge in [-0.15, -0.1) is 0 Å². The van der Waals surface area contributed by atoms with E-state index in [4.69, 9.17) is 11.6 Å². The van der Waals surface area contributed by atoms with E-state index in [9.17, 15) is 18.4 Å². The molecule has 0 aliphatic carbocycles. The highest BCUT2D eigenvalue weighted by Crippen LogP contribution is 2.29. The number of carbonyl (C=O) groups is 2. The number of rotatable bonds is 4. The Morgan fingerprint density at radius 2 is 1.87 bits per heavy atom. The summed E-state index contributed by atoms with van der Waals surface area (Å²) >= 11 is 5.91. The molecule has 0 atom stereocenters. The molecule has 2 aromatic rings. The van der Waals surface area contributed by atoms with E-state index in [1.54, 1.807) is 24.3 Å². The van der Waals surface area contributed by atoms with E-state index in [0.29, 0.717) is 42.2 Å². The van der Waals surface area contributed by atoms with Crippen molar-refractivity contribution < 1.29 is 18.4 Å². The Morgan fingerprint density at radius 3 is 2.53 bits per heavy atom. The molecular weight excluding hydrogens is 414 g/mol. The van der Waals surface area contributed by atoms with Gasteiger partial charge in [0.05, 0.1) is 12.2 Å². The first-order valence-corrected chi connectivity index (χ1v) is 9.87. The van der Waals surface area contributed by atoms with Crippen LogP contribution in [0.1, 0.15) is 18.4 Å². The number of carbonyl (C=O) groups excluding carboxylic acids is 2. The zero-order valence-corrected chi connectivity index (χ0v) is 16.7. The molecule has 9 heteroatoms. The minimum Gasteiger partial charge on any atom is -0.326 e. The Bertz CT molecular complexity index is 1020. The van der Waals surface area contributed by atoms with Gasteiger partial charge in [0.15, 0.2) is 0 Å². The summed E-state index contributed by atoms with van der Waals surface area (Å²) in [7, 11) is 0. The maximum absolute atomic E-state index is 13.7. The van der Waals surface area contributed by atoms with Crippen molar-refractivity contribution in [3.8, 4) is 0 Å². The van der Waals surface area contributed by atoms with Crippen molar-refractivity contribution in [1.29, 1.82) is 0 Å². The molecule has 0 bridgehead atoms. The van der Waals surface area contributed by atoms with E-state index in [-0.39, 0.29) is 18.1 Å². The van der Waals surface area contributed by atoms with Gasteiger partial charge in [-0.3, -0.25) is 19.5 Å². The smallest absolute Gasteiger partial charge is 0.272 e. The van der Waals surface area contributed by atoms with Crippen LogP contribution in [0.15, 0.2) is 47.5 Å². The topological polar surface area (TPSA) is 73.8 Å². The Labute approximate surface area is 176 Å². The van der Waals surface area contributed by atoms with E-state index in [2.05, 4.69) is 15.6 Å². The molecule has 2 amide bonds. The Kier molecular flexibility index (Phi) is 5.53. The van der Waals surface area contributed by atoms with Crippen molar-refractivity contribution in [3.05, 3.63) is 64.7 Å². The molecule has 0 saturated carbocycles. The monoisotopic (exact) mass is 432 g/mol. The minimum atomic E-state index is -0.821. The van der Waals surface area contributed by atoms with Crippen molar-refractivity contribution in [2.24, 2.45) is 4.99 Å². The van der Waals surface area contributed by atoms with Gasteiger partial charge in [0.1, 0.15) is 23.0 Å². The Hall–Kier alpha value is -2.84. The molecule has 0 radical (unpaired) electrons. The van der Waals surface area contributed by atoms with Crippen molar-refractivity contribution in [3.63, 3.8) is 0 Å². The molecule has 0 aromatic heterocycles. The molecule has 2 aliphatic heterocycles. The summed E-state index contributed by atoms with van der Waals surface area (Å²) < 4.78 is 26.7. The molecule has 2 aromatic carbocycles. The van der Waals surface area contributed by atoms with Gasteiger partial charge >= 0.3 is 0 Å². The number of nitrogens with one attached hydrogen (secondary N) is 2. The zero-order chi connectivity index (χ0) is 21.3. The lowest BCUT2D eigenvalue weighted by atomic mass is 9.98. The number of anilines is 1. The van der Waals surface area contributed by atoms with Gasteiger partial charge in [0.2, 0.25) is 5.91 Å². The van der Waals surface area contributed by atoms with Crippen LogP contribution in [0, 0.1) is 11.6 Å². The predicted molar refractivity (Wildman–Crippen MR) is 110 cm³/mol. The second-order valence-electron chi connectivity index (χ2n) is 7.40. The molecule has 0 unspecified atom stereocenters. The number of hydrogen-bond donors (Lipinski definition) is 2. The third-order valence-electron chi connectivity index (χ3n) is 5.26. The molecule has 1 saturated heterocycles. The maximum atomic E-state index is 13.7. The fourth-order valence-electron chi connectivity index (χ4n) is 3.67. The second-order valence-corrected chi connectivity index (χ2v) is 7.84. The largest absolute Gasteiger partial charge is 0.326 e. The fourth-order valence-corrected chi connectivity index (χ4v) is 3.79. The van der Waals surface area contributed by atoms with Gasteiger partial charge in [-0.25, -0.2) is 8.78 Å². The average molecular weight is 433 g/mol. The van der Waals surface area contributed by atoms with Crippen LogP contribution in [-0.4, -0.2) is 47.7 Å². The number of aliphatic imine (C=N–C) groups is 1. The van der Waals surface area contributed by atoms with Crippen molar-refractivity contribution in [1.82, 2.24) is 10.2 Å². The summed E-state index contributed by atoms with van der Waals surface area (Å²) in [5.74, 6) is -2.14. The number of halogens is 3. The van der Waals surface area contributed by atoms with Gasteiger partial charge in [0.25, 0.3) is 5.91 Å². The normalized spacial score (nSPS) is 18.2. The average Bonchev–Trinajstić information content (AvgIpc) is 3.03. The first-order valence-electron chi connectivity index (χ1n) is 9.49. The minimum absolute atomic E-state index is 0.0601. The number of amides is 2. The SMILES string of the molecule is O=C(CN1CCC2(CC1)N=C(c1ccc(Cl)cc1)C(=O)N2)Nc1ccc(F)cc1F. The van der Waals surface area contributed by atoms with Crippen molar-refractivity contribution in [2.75, 3.05) is 25.0 Å². The summed E-state index contributed by atoms with van der Waals surface area (Å²) in [6.07, 6.45) is 1.10. The van der Waals surface area contributed by atoms with E-state index in [0.717, 1.165) is 12.1 Å². The molecule has 6 nitrogen and oxygen atoms in total. The number of piperidine rings is 1. The van der Waals surface area contributed by atoms with E-state index in [1.165, 1.54) is 6.07 Å². The molecule has 30 heavy (non-hydrogen) atoms. The first-order chi connectivity index (χ1) is 14.3. The van der Waals surface area contributed by atoms with E-state index in [1.807, 2.05) is 4.90 Å². The zero-order valence-electron chi connectivity index (χ0n) is 15.9. The lowest BCUT2D eigenvalue weighted by Crippen LogP contribution is -2.52. The van der Waals surface area contributed by atoms with E-state index < -0.39 is 23.2 Å². The molecular formula is C21H19ClF2N4O2. The second kappa shape index (κ2) is 8.12. The van der Waals surface area contributed by atoms with Gasteiger partial charge in [-0.2, -0.15) is 0 Å². The van der Waals surface area contributed by atoms with Crippen LogP contribution in [0.4, 0.5) is 14.5 Å². The van der Waals surface area contributed by atoms with Gasteiger partial charge in [-0.05, 0) is 24.3 Å². The summed E-state index contributed by atoms with van der Waals surface area (Å²) in [4.78, 5) is 31.2. The van der Waals surface area contributed by atoms with E-state index >= 15 is 0 Å². The lowest BCUT2D eigenvalue weighted by molar-refractivity contribution is -0.119. The molecule has 1 spiro atoms. The van der Waals surface area contributed by atoms with Gasteiger partial charge in [-0.1, -0.05) is 23.7 Å². The van der Waals surface area contributed by atoms with Crippen LogP contribution in [0.3, 0.4) is 0 Å². The quantitative estimate of drug-likeness (QED) is 0.780. The Morgan fingerprint density at radius 1 is 1.17 bits per heavy atom. The number of hydrogen-bond acceptors (Lipinski definition) is 4. The van der Waals surface area contributed by atoms with Crippen LogP contribution in [-0.2, 0) is 9.59 Å². The molecule has 2 heterocycles. The highest BCUT2D eigenvalue weighted by Gasteiger charge is 2.42. The van der Waals surface area contributed by atoms with Crippen LogP contribution in [0.2, 0.25) is 5.02 Å². The Balaban J connectivity index is 1.36. The summed E-state index contributed by atoms with van der Waals surface area (Å²) in [6.45, 7) is 1.14. The molecule has 2 aliphatic rings. The maximum Gasteiger partial charge on any atom is 0.272 e. The highest BCUT2D eigenvalue weighted by atomic mass is 35.5. The lowest BCUT2D eigenvalue weighted by Gasteiger charge is -2.36. The first kappa shape index (κ1) is 20.4. The van der Waals surface area contributed by atoms with Crippen LogP contribution < -0.4 is 10.6 Å².